The number of nitrogens with zero attached hydrogens (tertiary/aromatic N) is 6. The Hall–Kier alpha value is -2.48. The van der Waals surface area contributed by atoms with Crippen molar-refractivity contribution in [1.29, 1.82) is 0 Å². The highest BCUT2D eigenvalue weighted by molar-refractivity contribution is 7.99. The zero-order valence-electron chi connectivity index (χ0n) is 9.71. The summed E-state index contributed by atoms with van der Waals surface area (Å²) in [7, 11) is 0. The Balaban J connectivity index is 1.91. The summed E-state index contributed by atoms with van der Waals surface area (Å²) in [6.45, 7) is 0. The maximum Gasteiger partial charge on any atom is 0.220 e. The molecule has 0 unspecified atom stereocenters. The van der Waals surface area contributed by atoms with E-state index in [1.807, 2.05) is 30.3 Å². The molecule has 1 aromatic carbocycles. The number of anilines is 1. The summed E-state index contributed by atoms with van der Waals surface area (Å²) >= 11 is 1.32. The first-order valence-corrected chi connectivity index (χ1v) is 6.24. The standard InChI is InChI=1S/C11H9N7S/c12-9-6-14-10(7-13-9)19-11-15-16-17-18(11)8-4-2-1-3-5-8/h1-7H,(H2,12,13). The average molecular weight is 271 g/mol. The van der Waals surface area contributed by atoms with E-state index in [1.165, 1.54) is 18.0 Å². The lowest BCUT2D eigenvalue weighted by molar-refractivity contribution is 0.756. The van der Waals surface area contributed by atoms with Gasteiger partial charge in [-0.3, -0.25) is 0 Å². The third-order valence-corrected chi connectivity index (χ3v) is 3.14. The van der Waals surface area contributed by atoms with Gasteiger partial charge in [0.2, 0.25) is 5.16 Å². The van der Waals surface area contributed by atoms with Gasteiger partial charge in [-0.1, -0.05) is 18.2 Å². The number of rotatable bonds is 3. The van der Waals surface area contributed by atoms with Crippen molar-refractivity contribution in [2.45, 2.75) is 10.2 Å². The fraction of sp³-hybridized carbons (Fsp3) is 0. The first-order chi connectivity index (χ1) is 9.33. The monoisotopic (exact) mass is 271 g/mol. The number of nitrogens with two attached hydrogens (primary N) is 1. The van der Waals surface area contributed by atoms with Crippen molar-refractivity contribution in [1.82, 2.24) is 30.2 Å². The molecule has 0 aliphatic heterocycles. The molecule has 2 heterocycles. The number of hydrogen-bond donors (Lipinski definition) is 1. The second-order valence-electron chi connectivity index (χ2n) is 3.59. The van der Waals surface area contributed by atoms with Crippen molar-refractivity contribution in [3.63, 3.8) is 0 Å². The first kappa shape index (κ1) is 11.6. The molecule has 0 spiro atoms. The van der Waals surface area contributed by atoms with Crippen LogP contribution in [0.3, 0.4) is 0 Å². The Morgan fingerprint density at radius 3 is 2.63 bits per heavy atom. The zero-order chi connectivity index (χ0) is 13.1. The SMILES string of the molecule is Nc1cnc(Sc2nnnn2-c2ccccc2)cn1. The number of aromatic nitrogens is 6. The largest absolute Gasteiger partial charge is 0.382 e. The Labute approximate surface area is 112 Å². The van der Waals surface area contributed by atoms with Crippen LogP contribution in [0.1, 0.15) is 0 Å². The predicted octanol–water partition coefficient (Wildman–Crippen LogP) is 1.19. The van der Waals surface area contributed by atoms with Crippen LogP contribution in [0.5, 0.6) is 0 Å². The molecular formula is C11H9N7S. The highest BCUT2D eigenvalue weighted by atomic mass is 32.2. The number of nitrogen functional groups attached to an aromatic ring is 1. The fourth-order valence-electron chi connectivity index (χ4n) is 1.45. The summed E-state index contributed by atoms with van der Waals surface area (Å²) in [6, 6.07) is 9.64. The van der Waals surface area contributed by atoms with Gasteiger partial charge in [0.25, 0.3) is 0 Å². The number of benzene rings is 1. The predicted molar refractivity (Wildman–Crippen MR) is 69.7 cm³/mol. The van der Waals surface area contributed by atoms with E-state index >= 15 is 0 Å². The molecular weight excluding hydrogens is 262 g/mol. The van der Waals surface area contributed by atoms with Crippen LogP contribution >= 0.6 is 11.8 Å². The van der Waals surface area contributed by atoms with Gasteiger partial charge < -0.3 is 5.73 Å². The molecule has 7 nitrogen and oxygen atoms in total. The van der Waals surface area contributed by atoms with Crippen LogP contribution < -0.4 is 5.73 Å². The second-order valence-corrected chi connectivity index (χ2v) is 4.58. The van der Waals surface area contributed by atoms with E-state index in [4.69, 9.17) is 5.73 Å². The van der Waals surface area contributed by atoms with Gasteiger partial charge in [-0.25, -0.2) is 9.97 Å². The number of tetrazole rings is 1. The molecule has 2 aromatic heterocycles. The van der Waals surface area contributed by atoms with Crippen LogP contribution in [0.4, 0.5) is 5.82 Å². The maximum absolute atomic E-state index is 5.49. The molecule has 19 heavy (non-hydrogen) atoms. The first-order valence-electron chi connectivity index (χ1n) is 5.42. The highest BCUT2D eigenvalue weighted by Crippen LogP contribution is 2.24. The average Bonchev–Trinajstić information content (AvgIpc) is 2.90. The molecule has 94 valence electrons. The Bertz CT molecular complexity index is 665. The summed E-state index contributed by atoms with van der Waals surface area (Å²) in [5.74, 6) is 0.381. The highest BCUT2D eigenvalue weighted by Gasteiger charge is 2.10. The number of para-hydroxylation sites is 1. The van der Waals surface area contributed by atoms with Crippen LogP contribution in [0.2, 0.25) is 0 Å². The summed E-state index contributed by atoms with van der Waals surface area (Å²) in [5, 5.41) is 12.9. The van der Waals surface area contributed by atoms with Gasteiger partial charge in [-0.05, 0) is 34.3 Å². The van der Waals surface area contributed by atoms with E-state index in [0.29, 0.717) is 16.0 Å². The molecule has 8 heteroatoms. The summed E-state index contributed by atoms with van der Waals surface area (Å²) in [4.78, 5) is 8.13. The topological polar surface area (TPSA) is 95.4 Å². The summed E-state index contributed by atoms with van der Waals surface area (Å²) in [5.41, 5.74) is 6.38. The third kappa shape index (κ3) is 2.52. The molecule has 0 aliphatic carbocycles. The smallest absolute Gasteiger partial charge is 0.220 e. The minimum atomic E-state index is 0.381. The van der Waals surface area contributed by atoms with Gasteiger partial charge in [0, 0.05) is 0 Å². The van der Waals surface area contributed by atoms with Gasteiger partial charge in [-0.2, -0.15) is 4.68 Å². The molecule has 3 aromatic rings. The van der Waals surface area contributed by atoms with Gasteiger partial charge in [-0.15, -0.1) is 5.10 Å². The molecule has 0 saturated heterocycles. The van der Waals surface area contributed by atoms with Crippen LogP contribution in [0.15, 0.2) is 52.9 Å². The van der Waals surface area contributed by atoms with Crippen LogP contribution in [0, 0.1) is 0 Å². The molecule has 3 rings (SSSR count). The van der Waals surface area contributed by atoms with Crippen LogP contribution in [0.25, 0.3) is 5.69 Å². The lowest BCUT2D eigenvalue weighted by atomic mass is 10.3. The lowest BCUT2D eigenvalue weighted by Crippen LogP contribution is -1.99. The molecule has 0 bridgehead atoms. The Morgan fingerprint density at radius 2 is 1.89 bits per heavy atom. The summed E-state index contributed by atoms with van der Waals surface area (Å²) in [6.07, 6.45) is 3.09. The van der Waals surface area contributed by atoms with Gasteiger partial charge in [0.15, 0.2) is 0 Å². The molecule has 0 amide bonds. The van der Waals surface area contributed by atoms with E-state index in [0.717, 1.165) is 5.69 Å². The van der Waals surface area contributed by atoms with Crippen molar-refractivity contribution < 1.29 is 0 Å². The van der Waals surface area contributed by atoms with Gasteiger partial charge in [0.1, 0.15) is 10.8 Å². The minimum Gasteiger partial charge on any atom is -0.382 e. The van der Waals surface area contributed by atoms with Crippen molar-refractivity contribution >= 4 is 17.6 Å². The Kier molecular flexibility index (Phi) is 3.07. The lowest BCUT2D eigenvalue weighted by Gasteiger charge is -2.03. The maximum atomic E-state index is 5.49. The zero-order valence-corrected chi connectivity index (χ0v) is 10.5. The van der Waals surface area contributed by atoms with Crippen molar-refractivity contribution in [3.05, 3.63) is 42.7 Å². The molecule has 2 N–H and O–H groups in total. The van der Waals surface area contributed by atoms with E-state index in [2.05, 4.69) is 25.5 Å². The van der Waals surface area contributed by atoms with Gasteiger partial charge in [0.05, 0.1) is 18.1 Å². The van der Waals surface area contributed by atoms with Crippen molar-refractivity contribution in [3.8, 4) is 5.69 Å². The molecule has 0 atom stereocenters. The van der Waals surface area contributed by atoms with Crippen LogP contribution in [-0.4, -0.2) is 30.2 Å². The van der Waals surface area contributed by atoms with E-state index in [9.17, 15) is 0 Å². The fourth-order valence-corrected chi connectivity index (χ4v) is 2.15. The summed E-state index contributed by atoms with van der Waals surface area (Å²) < 4.78 is 1.64. The van der Waals surface area contributed by atoms with Crippen molar-refractivity contribution in [2.24, 2.45) is 0 Å². The number of hydrogen-bond acceptors (Lipinski definition) is 7. The van der Waals surface area contributed by atoms with Crippen LogP contribution in [-0.2, 0) is 0 Å². The molecule has 0 aliphatic rings. The quantitative estimate of drug-likeness (QED) is 0.764. The molecule has 0 fully saturated rings. The molecule has 0 saturated carbocycles. The Morgan fingerprint density at radius 1 is 1.05 bits per heavy atom. The normalized spacial score (nSPS) is 10.5. The minimum absolute atomic E-state index is 0.381. The second kappa shape index (κ2) is 5.02. The van der Waals surface area contributed by atoms with Crippen molar-refractivity contribution in [2.75, 3.05) is 5.73 Å². The van der Waals surface area contributed by atoms with E-state index in [-0.39, 0.29) is 0 Å². The van der Waals surface area contributed by atoms with Gasteiger partial charge >= 0.3 is 0 Å². The van der Waals surface area contributed by atoms with E-state index in [1.54, 1.807) is 10.9 Å². The molecule has 0 radical (unpaired) electrons. The van der Waals surface area contributed by atoms with E-state index < -0.39 is 0 Å². The third-order valence-electron chi connectivity index (χ3n) is 2.29.